The van der Waals surface area contributed by atoms with E-state index in [0.29, 0.717) is 5.13 Å². The van der Waals surface area contributed by atoms with Crippen LogP contribution in [0.3, 0.4) is 0 Å². The van der Waals surface area contributed by atoms with E-state index >= 15 is 0 Å². The first-order chi connectivity index (χ1) is 13.2. The van der Waals surface area contributed by atoms with Crippen LogP contribution in [0.4, 0.5) is 5.13 Å². The van der Waals surface area contributed by atoms with E-state index in [2.05, 4.69) is 10.3 Å². The largest absolute Gasteiger partial charge is 0.298 e. The first kappa shape index (κ1) is 20.9. The van der Waals surface area contributed by atoms with Crippen molar-refractivity contribution in [3.05, 3.63) is 51.7 Å². The van der Waals surface area contributed by atoms with Crippen LogP contribution in [0.15, 0.2) is 46.0 Å². The molecule has 1 aromatic carbocycles. The molecule has 28 heavy (non-hydrogen) atoms. The van der Waals surface area contributed by atoms with Gasteiger partial charge in [-0.3, -0.25) is 10.1 Å². The standard InChI is InChI=1S/C18H18ClN3O3S3/c1-11(2)22(3)28(24,25)12-6-7-14(19)13(9-12)17(23)21-18-20-15(10-27-18)16-5-4-8-26-16/h4-11H,1-3H3,(H,20,21,23). The molecule has 3 aromatic rings. The van der Waals surface area contributed by atoms with Crippen LogP contribution in [0.1, 0.15) is 24.2 Å². The predicted molar refractivity (Wildman–Crippen MR) is 115 cm³/mol. The van der Waals surface area contributed by atoms with Crippen molar-refractivity contribution in [3.8, 4) is 10.6 Å². The van der Waals surface area contributed by atoms with E-state index in [0.717, 1.165) is 10.6 Å². The molecule has 0 aliphatic heterocycles. The summed E-state index contributed by atoms with van der Waals surface area (Å²) in [5.74, 6) is -0.513. The van der Waals surface area contributed by atoms with E-state index in [1.165, 1.54) is 40.9 Å². The SMILES string of the molecule is CC(C)N(C)S(=O)(=O)c1ccc(Cl)c(C(=O)Nc2nc(-c3cccs3)cs2)c1. The zero-order valence-corrected chi connectivity index (χ0v) is 18.5. The molecule has 148 valence electrons. The zero-order chi connectivity index (χ0) is 20.5. The van der Waals surface area contributed by atoms with Crippen LogP contribution >= 0.6 is 34.3 Å². The molecule has 0 aliphatic rings. The number of hydrogen-bond acceptors (Lipinski definition) is 6. The minimum atomic E-state index is -3.73. The van der Waals surface area contributed by atoms with Gasteiger partial charge in [-0.05, 0) is 43.5 Å². The minimum Gasteiger partial charge on any atom is -0.298 e. The van der Waals surface area contributed by atoms with Crippen LogP contribution in [0.25, 0.3) is 10.6 Å². The number of sulfonamides is 1. The average molecular weight is 456 g/mol. The molecule has 0 atom stereocenters. The molecule has 2 aromatic heterocycles. The number of carbonyl (C=O) groups excluding carboxylic acids is 1. The molecular weight excluding hydrogens is 438 g/mol. The number of rotatable bonds is 6. The van der Waals surface area contributed by atoms with Crippen LogP contribution in [-0.4, -0.2) is 36.7 Å². The summed E-state index contributed by atoms with van der Waals surface area (Å²) in [6.07, 6.45) is 0. The fourth-order valence-corrected chi connectivity index (χ4v) is 5.38. The number of nitrogens with one attached hydrogen (secondary N) is 1. The summed E-state index contributed by atoms with van der Waals surface area (Å²) >= 11 is 9.00. The molecule has 0 fully saturated rings. The Bertz CT molecular complexity index is 1090. The number of halogens is 1. The summed E-state index contributed by atoms with van der Waals surface area (Å²) in [5.41, 5.74) is 0.851. The maximum absolute atomic E-state index is 12.7. The van der Waals surface area contributed by atoms with Gasteiger partial charge in [0.25, 0.3) is 5.91 Å². The van der Waals surface area contributed by atoms with Crippen molar-refractivity contribution in [2.45, 2.75) is 24.8 Å². The second-order valence-corrected chi connectivity index (χ2v) is 10.4. The summed E-state index contributed by atoms with van der Waals surface area (Å²) in [6, 6.07) is 7.75. The van der Waals surface area contributed by atoms with Crippen molar-refractivity contribution < 1.29 is 13.2 Å². The van der Waals surface area contributed by atoms with Gasteiger partial charge in [0.2, 0.25) is 10.0 Å². The lowest BCUT2D eigenvalue weighted by molar-refractivity contribution is 0.102. The summed E-state index contributed by atoms with van der Waals surface area (Å²) in [7, 11) is -2.23. The molecule has 0 spiro atoms. The average Bonchev–Trinajstić information content (AvgIpc) is 3.32. The van der Waals surface area contributed by atoms with Crippen molar-refractivity contribution in [2.75, 3.05) is 12.4 Å². The maximum Gasteiger partial charge on any atom is 0.259 e. The second-order valence-electron chi connectivity index (χ2n) is 6.23. The third-order valence-electron chi connectivity index (χ3n) is 4.08. The summed E-state index contributed by atoms with van der Waals surface area (Å²) in [5, 5.41) is 7.07. The van der Waals surface area contributed by atoms with Crippen molar-refractivity contribution in [1.29, 1.82) is 0 Å². The van der Waals surface area contributed by atoms with Gasteiger partial charge in [0, 0.05) is 18.5 Å². The van der Waals surface area contributed by atoms with Gasteiger partial charge in [-0.25, -0.2) is 13.4 Å². The number of aromatic nitrogens is 1. The van der Waals surface area contributed by atoms with Gasteiger partial charge in [-0.2, -0.15) is 4.31 Å². The van der Waals surface area contributed by atoms with Crippen molar-refractivity contribution in [2.24, 2.45) is 0 Å². The highest BCUT2D eigenvalue weighted by Crippen LogP contribution is 2.29. The predicted octanol–water partition coefficient (Wildman–Crippen LogP) is 4.81. The number of carbonyl (C=O) groups is 1. The number of nitrogens with zero attached hydrogens (tertiary/aromatic N) is 2. The zero-order valence-electron chi connectivity index (χ0n) is 15.3. The lowest BCUT2D eigenvalue weighted by Crippen LogP contribution is -2.33. The number of anilines is 1. The van der Waals surface area contributed by atoms with Gasteiger partial charge in [-0.1, -0.05) is 17.7 Å². The Labute approximate surface area is 176 Å². The van der Waals surface area contributed by atoms with Gasteiger partial charge in [0.15, 0.2) is 5.13 Å². The van der Waals surface area contributed by atoms with Crippen LogP contribution in [0.5, 0.6) is 0 Å². The molecular formula is C18H18ClN3O3S3. The summed E-state index contributed by atoms with van der Waals surface area (Å²) in [6.45, 7) is 3.55. The molecule has 3 rings (SSSR count). The Balaban J connectivity index is 1.86. The Kier molecular flexibility index (Phi) is 6.21. The Hall–Kier alpha value is -1.78. The molecule has 10 heteroatoms. The smallest absolute Gasteiger partial charge is 0.259 e. The molecule has 0 radical (unpaired) electrons. The Morgan fingerprint density at radius 2 is 2.00 bits per heavy atom. The number of thiazole rings is 1. The maximum atomic E-state index is 12.7. The Morgan fingerprint density at radius 3 is 2.64 bits per heavy atom. The van der Waals surface area contributed by atoms with Gasteiger partial charge >= 0.3 is 0 Å². The number of amides is 1. The van der Waals surface area contributed by atoms with Crippen LogP contribution < -0.4 is 5.32 Å². The van der Waals surface area contributed by atoms with Crippen molar-refractivity contribution in [1.82, 2.24) is 9.29 Å². The first-order valence-electron chi connectivity index (χ1n) is 8.28. The second kappa shape index (κ2) is 8.30. The fraction of sp³-hybridized carbons (Fsp3) is 0.222. The molecule has 0 saturated heterocycles. The molecule has 6 nitrogen and oxygen atoms in total. The molecule has 0 unspecified atom stereocenters. The van der Waals surface area contributed by atoms with E-state index < -0.39 is 15.9 Å². The normalized spacial score (nSPS) is 11.9. The van der Waals surface area contributed by atoms with E-state index in [9.17, 15) is 13.2 Å². The molecule has 1 N–H and O–H groups in total. The molecule has 0 aliphatic carbocycles. The first-order valence-corrected chi connectivity index (χ1v) is 11.9. The van der Waals surface area contributed by atoms with Gasteiger partial charge < -0.3 is 0 Å². The minimum absolute atomic E-state index is 0.0108. The van der Waals surface area contributed by atoms with Gasteiger partial charge in [-0.15, -0.1) is 22.7 Å². The van der Waals surface area contributed by atoms with E-state index in [-0.39, 0.29) is 21.5 Å². The van der Waals surface area contributed by atoms with Crippen molar-refractivity contribution in [3.63, 3.8) is 0 Å². The van der Waals surface area contributed by atoms with E-state index in [1.54, 1.807) is 25.2 Å². The molecule has 0 bridgehead atoms. The van der Waals surface area contributed by atoms with Crippen LogP contribution in [0.2, 0.25) is 5.02 Å². The highest BCUT2D eigenvalue weighted by atomic mass is 35.5. The molecule has 2 heterocycles. The van der Waals surface area contributed by atoms with E-state index in [1.807, 2.05) is 22.9 Å². The van der Waals surface area contributed by atoms with Gasteiger partial charge in [0.1, 0.15) is 0 Å². The highest BCUT2D eigenvalue weighted by molar-refractivity contribution is 7.89. The highest BCUT2D eigenvalue weighted by Gasteiger charge is 2.25. The third-order valence-corrected chi connectivity index (χ3v) is 8.09. The molecule has 1 amide bonds. The summed E-state index contributed by atoms with van der Waals surface area (Å²) < 4.78 is 26.6. The Morgan fingerprint density at radius 1 is 1.25 bits per heavy atom. The van der Waals surface area contributed by atoms with E-state index in [4.69, 9.17) is 11.6 Å². The number of benzene rings is 1. The van der Waals surface area contributed by atoms with Crippen LogP contribution in [-0.2, 0) is 10.0 Å². The quantitative estimate of drug-likeness (QED) is 0.578. The lowest BCUT2D eigenvalue weighted by atomic mass is 10.2. The number of thiophene rings is 1. The molecule has 0 saturated carbocycles. The lowest BCUT2D eigenvalue weighted by Gasteiger charge is -2.21. The van der Waals surface area contributed by atoms with Gasteiger partial charge in [0.05, 0.1) is 26.1 Å². The third kappa shape index (κ3) is 4.28. The topological polar surface area (TPSA) is 79.4 Å². The monoisotopic (exact) mass is 455 g/mol. The fourth-order valence-electron chi connectivity index (χ4n) is 2.32. The van der Waals surface area contributed by atoms with Crippen LogP contribution in [0, 0.1) is 0 Å². The van der Waals surface area contributed by atoms with Crippen molar-refractivity contribution >= 4 is 55.3 Å². The number of hydrogen-bond donors (Lipinski definition) is 1. The summed E-state index contributed by atoms with van der Waals surface area (Å²) in [4.78, 5) is 18.1.